The van der Waals surface area contributed by atoms with Crippen molar-refractivity contribution in [1.29, 1.82) is 0 Å². The predicted molar refractivity (Wildman–Crippen MR) is 78.7 cm³/mol. The molecule has 3 nitrogen and oxygen atoms in total. The van der Waals surface area contributed by atoms with Gasteiger partial charge < -0.3 is 5.32 Å². The highest BCUT2D eigenvalue weighted by Gasteiger charge is 2.07. The molecular formula is C15H12BrNO2. The first-order valence-corrected chi connectivity index (χ1v) is 6.52. The van der Waals surface area contributed by atoms with Gasteiger partial charge in [-0.25, -0.2) is 0 Å². The summed E-state index contributed by atoms with van der Waals surface area (Å²) in [5.41, 5.74) is 2.85. The second-order valence-corrected chi connectivity index (χ2v) is 5.01. The van der Waals surface area contributed by atoms with Crippen LogP contribution in [-0.4, -0.2) is 12.2 Å². The third kappa shape index (κ3) is 3.29. The summed E-state index contributed by atoms with van der Waals surface area (Å²) in [7, 11) is 0. The molecular weight excluding hydrogens is 306 g/mol. The first kappa shape index (κ1) is 13.5. The second-order valence-electron chi connectivity index (χ2n) is 4.16. The average molecular weight is 318 g/mol. The van der Waals surface area contributed by atoms with Crippen LogP contribution in [0.5, 0.6) is 0 Å². The molecule has 0 bridgehead atoms. The maximum Gasteiger partial charge on any atom is 0.255 e. The van der Waals surface area contributed by atoms with Crippen LogP contribution >= 0.6 is 15.9 Å². The van der Waals surface area contributed by atoms with Crippen LogP contribution in [0.15, 0.2) is 46.9 Å². The number of aldehydes is 1. The first-order valence-electron chi connectivity index (χ1n) is 5.73. The fourth-order valence-electron chi connectivity index (χ4n) is 1.63. The van der Waals surface area contributed by atoms with Gasteiger partial charge in [0.25, 0.3) is 5.91 Å². The molecule has 0 heterocycles. The van der Waals surface area contributed by atoms with Crippen molar-refractivity contribution in [1.82, 2.24) is 0 Å². The Morgan fingerprint density at radius 3 is 2.42 bits per heavy atom. The molecule has 96 valence electrons. The Hall–Kier alpha value is -1.94. The highest BCUT2D eigenvalue weighted by atomic mass is 79.9. The van der Waals surface area contributed by atoms with Gasteiger partial charge in [-0.3, -0.25) is 9.59 Å². The Morgan fingerprint density at radius 1 is 1.16 bits per heavy atom. The number of benzene rings is 2. The largest absolute Gasteiger partial charge is 0.322 e. The minimum atomic E-state index is -0.172. The zero-order valence-corrected chi connectivity index (χ0v) is 11.9. The molecule has 2 aromatic carbocycles. The highest BCUT2D eigenvalue weighted by Crippen LogP contribution is 2.18. The molecule has 19 heavy (non-hydrogen) atoms. The summed E-state index contributed by atoms with van der Waals surface area (Å²) in [5, 5.41) is 2.79. The smallest absolute Gasteiger partial charge is 0.255 e. The predicted octanol–water partition coefficient (Wildman–Crippen LogP) is 3.82. The zero-order chi connectivity index (χ0) is 13.8. The fourth-order valence-corrected chi connectivity index (χ4v) is 1.88. The minimum absolute atomic E-state index is 0.172. The molecule has 0 spiro atoms. The summed E-state index contributed by atoms with van der Waals surface area (Å²) in [5.74, 6) is -0.172. The minimum Gasteiger partial charge on any atom is -0.322 e. The van der Waals surface area contributed by atoms with Crippen molar-refractivity contribution < 1.29 is 9.59 Å². The van der Waals surface area contributed by atoms with Crippen molar-refractivity contribution in [3.05, 3.63) is 63.6 Å². The number of aryl methyl sites for hydroxylation is 1. The first-order chi connectivity index (χ1) is 9.10. The maximum atomic E-state index is 12.0. The Morgan fingerprint density at radius 2 is 1.84 bits per heavy atom. The normalized spacial score (nSPS) is 10.0. The Bertz CT molecular complexity index is 621. The Labute approximate surface area is 119 Å². The second kappa shape index (κ2) is 5.80. The molecule has 0 saturated heterocycles. The Balaban J connectivity index is 2.15. The van der Waals surface area contributed by atoms with Crippen LogP contribution in [0.1, 0.15) is 26.3 Å². The SMILES string of the molecule is Cc1cc(C(=O)Nc2ccc(C=O)cc2)ccc1Br. The third-order valence-corrected chi connectivity index (χ3v) is 3.61. The molecule has 2 aromatic rings. The molecule has 0 aliphatic rings. The summed E-state index contributed by atoms with van der Waals surface area (Å²) >= 11 is 3.40. The molecule has 0 unspecified atom stereocenters. The number of halogens is 1. The van der Waals surface area contributed by atoms with Gasteiger partial charge in [0.05, 0.1) is 0 Å². The van der Waals surface area contributed by atoms with Crippen LogP contribution in [0.4, 0.5) is 5.69 Å². The van der Waals surface area contributed by atoms with Crippen LogP contribution in [0, 0.1) is 6.92 Å². The van der Waals surface area contributed by atoms with E-state index in [0.717, 1.165) is 16.3 Å². The van der Waals surface area contributed by atoms with E-state index in [1.807, 2.05) is 19.1 Å². The molecule has 0 aliphatic heterocycles. The van der Waals surface area contributed by atoms with Gasteiger partial charge in [0.15, 0.2) is 0 Å². The lowest BCUT2D eigenvalue weighted by Gasteiger charge is -2.07. The molecule has 0 saturated carbocycles. The molecule has 0 radical (unpaired) electrons. The Kier molecular flexibility index (Phi) is 4.12. The lowest BCUT2D eigenvalue weighted by atomic mass is 10.1. The average Bonchev–Trinajstić information content (AvgIpc) is 2.42. The van der Waals surface area contributed by atoms with Crippen LogP contribution in [0.2, 0.25) is 0 Å². The number of rotatable bonds is 3. The van der Waals surface area contributed by atoms with Crippen LogP contribution in [-0.2, 0) is 0 Å². The van der Waals surface area contributed by atoms with E-state index in [4.69, 9.17) is 0 Å². The summed E-state index contributed by atoms with van der Waals surface area (Å²) in [6.07, 6.45) is 0.768. The fraction of sp³-hybridized carbons (Fsp3) is 0.0667. The lowest BCUT2D eigenvalue weighted by molar-refractivity contribution is 0.102. The van der Waals surface area contributed by atoms with Crippen molar-refractivity contribution in [2.45, 2.75) is 6.92 Å². The number of anilines is 1. The van der Waals surface area contributed by atoms with Gasteiger partial charge >= 0.3 is 0 Å². The maximum absolute atomic E-state index is 12.0. The standard InChI is InChI=1S/C15H12BrNO2/c1-10-8-12(4-7-14(10)16)15(19)17-13-5-2-11(9-18)3-6-13/h2-9H,1H3,(H,17,19). The van der Waals surface area contributed by atoms with E-state index in [9.17, 15) is 9.59 Å². The summed E-state index contributed by atoms with van der Waals surface area (Å²) in [6, 6.07) is 12.1. The van der Waals surface area contributed by atoms with E-state index < -0.39 is 0 Å². The number of hydrogen-bond acceptors (Lipinski definition) is 2. The van der Waals surface area contributed by atoms with Crippen molar-refractivity contribution in [3.8, 4) is 0 Å². The number of hydrogen-bond donors (Lipinski definition) is 1. The summed E-state index contributed by atoms with van der Waals surface area (Å²) < 4.78 is 0.972. The monoisotopic (exact) mass is 317 g/mol. The lowest BCUT2D eigenvalue weighted by Crippen LogP contribution is -2.12. The van der Waals surface area contributed by atoms with Crippen molar-refractivity contribution >= 4 is 33.8 Å². The molecule has 0 aromatic heterocycles. The van der Waals surface area contributed by atoms with E-state index in [0.29, 0.717) is 16.8 Å². The van der Waals surface area contributed by atoms with E-state index in [-0.39, 0.29) is 5.91 Å². The van der Waals surface area contributed by atoms with Gasteiger partial charge in [-0.15, -0.1) is 0 Å². The van der Waals surface area contributed by atoms with Gasteiger partial charge in [0.2, 0.25) is 0 Å². The highest BCUT2D eigenvalue weighted by molar-refractivity contribution is 9.10. The van der Waals surface area contributed by atoms with Crippen molar-refractivity contribution in [2.24, 2.45) is 0 Å². The number of nitrogens with one attached hydrogen (secondary N) is 1. The van der Waals surface area contributed by atoms with Crippen LogP contribution in [0.3, 0.4) is 0 Å². The van der Waals surface area contributed by atoms with E-state index >= 15 is 0 Å². The van der Waals surface area contributed by atoms with Gasteiger partial charge in [0, 0.05) is 21.3 Å². The quantitative estimate of drug-likeness (QED) is 0.875. The zero-order valence-electron chi connectivity index (χ0n) is 10.3. The van der Waals surface area contributed by atoms with Crippen LogP contribution in [0.25, 0.3) is 0 Å². The topological polar surface area (TPSA) is 46.2 Å². The molecule has 2 rings (SSSR count). The molecule has 1 amide bonds. The molecule has 4 heteroatoms. The van der Waals surface area contributed by atoms with E-state index in [1.54, 1.807) is 30.3 Å². The third-order valence-electron chi connectivity index (χ3n) is 2.72. The molecule has 1 N–H and O–H groups in total. The van der Waals surface area contributed by atoms with E-state index in [2.05, 4.69) is 21.2 Å². The van der Waals surface area contributed by atoms with Gasteiger partial charge in [-0.1, -0.05) is 15.9 Å². The summed E-state index contributed by atoms with van der Waals surface area (Å²) in [6.45, 7) is 1.93. The van der Waals surface area contributed by atoms with Gasteiger partial charge in [-0.2, -0.15) is 0 Å². The number of carbonyl (C=O) groups is 2. The van der Waals surface area contributed by atoms with Crippen molar-refractivity contribution in [2.75, 3.05) is 5.32 Å². The number of amides is 1. The van der Waals surface area contributed by atoms with Gasteiger partial charge in [-0.05, 0) is 55.0 Å². The molecule has 0 aliphatic carbocycles. The summed E-state index contributed by atoms with van der Waals surface area (Å²) in [4.78, 5) is 22.6. The van der Waals surface area contributed by atoms with Crippen molar-refractivity contribution in [3.63, 3.8) is 0 Å². The number of carbonyl (C=O) groups excluding carboxylic acids is 2. The molecule has 0 fully saturated rings. The van der Waals surface area contributed by atoms with E-state index in [1.165, 1.54) is 0 Å². The van der Waals surface area contributed by atoms with Crippen LogP contribution < -0.4 is 5.32 Å². The van der Waals surface area contributed by atoms with Gasteiger partial charge in [0.1, 0.15) is 6.29 Å². The molecule has 0 atom stereocenters.